The van der Waals surface area contributed by atoms with E-state index in [1.165, 1.54) is 12.1 Å². The number of rotatable bonds is 1. The fourth-order valence-corrected chi connectivity index (χ4v) is 3.80. The Hall–Kier alpha value is -1.72. The van der Waals surface area contributed by atoms with E-state index in [9.17, 15) is 14.6 Å². The van der Waals surface area contributed by atoms with Gasteiger partial charge in [0.2, 0.25) is 0 Å². The number of piperidine rings is 1. The molecule has 2 bridgehead atoms. The van der Waals surface area contributed by atoms with Gasteiger partial charge in [-0.2, -0.15) is 0 Å². The molecule has 2 N–H and O–H groups in total. The summed E-state index contributed by atoms with van der Waals surface area (Å²) in [5.74, 6) is -0.207. The zero-order valence-corrected chi connectivity index (χ0v) is 11.7. The number of aliphatic hydroxyl groups excluding tert-OH is 2. The Morgan fingerprint density at radius 2 is 2.05 bits per heavy atom. The van der Waals surface area contributed by atoms with E-state index >= 15 is 0 Å². The molecule has 2 heterocycles. The maximum atomic E-state index is 13.6. The first-order valence-corrected chi connectivity index (χ1v) is 7.24. The second kappa shape index (κ2) is 4.39. The summed E-state index contributed by atoms with van der Waals surface area (Å²) in [5.41, 5.74) is 2.52. The van der Waals surface area contributed by atoms with E-state index in [2.05, 4.69) is 9.88 Å². The summed E-state index contributed by atoms with van der Waals surface area (Å²) in [4.78, 5) is 6.54. The van der Waals surface area contributed by atoms with Gasteiger partial charge >= 0.3 is 0 Å². The van der Waals surface area contributed by atoms with E-state index < -0.39 is 12.2 Å². The largest absolute Gasteiger partial charge is 0.390 e. The van der Waals surface area contributed by atoms with Gasteiger partial charge in [0.1, 0.15) is 11.9 Å². The molecule has 1 aromatic carbocycles. The number of hydrogen-bond donors (Lipinski definition) is 2. The molecule has 0 unspecified atom stereocenters. The molecule has 1 aromatic heterocycles. The average molecular weight is 288 g/mol. The molecule has 1 saturated carbocycles. The van der Waals surface area contributed by atoms with Crippen LogP contribution in [-0.4, -0.2) is 40.0 Å². The van der Waals surface area contributed by atoms with Crippen LogP contribution in [0.4, 0.5) is 10.1 Å². The van der Waals surface area contributed by atoms with Crippen molar-refractivity contribution >= 4 is 16.6 Å². The van der Waals surface area contributed by atoms with Crippen LogP contribution in [0, 0.1) is 18.7 Å². The number of pyridine rings is 1. The quantitative estimate of drug-likeness (QED) is 0.837. The van der Waals surface area contributed by atoms with Crippen LogP contribution in [0.1, 0.15) is 12.1 Å². The lowest BCUT2D eigenvalue weighted by atomic mass is 10.0. The summed E-state index contributed by atoms with van der Waals surface area (Å²) in [6, 6.07) is 6.42. The van der Waals surface area contributed by atoms with E-state index in [0.29, 0.717) is 6.54 Å². The summed E-state index contributed by atoms with van der Waals surface area (Å²) < 4.78 is 13.6. The van der Waals surface area contributed by atoms with Crippen LogP contribution in [0.15, 0.2) is 24.3 Å². The van der Waals surface area contributed by atoms with Crippen LogP contribution < -0.4 is 4.90 Å². The van der Waals surface area contributed by atoms with E-state index in [0.717, 1.165) is 28.7 Å². The van der Waals surface area contributed by atoms with Gasteiger partial charge in [-0.3, -0.25) is 4.98 Å². The van der Waals surface area contributed by atoms with Gasteiger partial charge in [-0.1, -0.05) is 0 Å². The van der Waals surface area contributed by atoms with Crippen molar-refractivity contribution < 1.29 is 14.6 Å². The smallest absolute Gasteiger partial charge is 0.124 e. The number of aromatic nitrogens is 1. The fraction of sp³-hybridized carbons (Fsp3) is 0.438. The van der Waals surface area contributed by atoms with Crippen LogP contribution in [0.5, 0.6) is 0 Å². The molecule has 2 fully saturated rings. The Kier molecular flexibility index (Phi) is 2.71. The highest BCUT2D eigenvalue weighted by atomic mass is 19.1. The van der Waals surface area contributed by atoms with Gasteiger partial charge in [0.25, 0.3) is 0 Å². The number of nitrogens with zero attached hydrogens (tertiary/aromatic N) is 2. The van der Waals surface area contributed by atoms with Gasteiger partial charge < -0.3 is 15.1 Å². The Morgan fingerprint density at radius 3 is 2.76 bits per heavy atom. The van der Waals surface area contributed by atoms with Crippen LogP contribution >= 0.6 is 0 Å². The van der Waals surface area contributed by atoms with Gasteiger partial charge in [0, 0.05) is 29.2 Å². The standard InChI is InChI=1S/C16H17FN2O2/c1-8-4-13(11-6-10(17)2-3-12(11)18-8)19-7-9-5-14(19)16(21)15(9)20/h2-4,6,9,14-16,20-21H,5,7H2,1H3/t9-,14-,15-,16+/m0/s1. The minimum absolute atomic E-state index is 0.0853. The third kappa shape index (κ3) is 1.84. The molecular formula is C16H17FN2O2. The van der Waals surface area contributed by atoms with Gasteiger partial charge in [-0.05, 0) is 37.6 Å². The van der Waals surface area contributed by atoms with Crippen molar-refractivity contribution in [3.63, 3.8) is 0 Å². The van der Waals surface area contributed by atoms with Crippen LogP contribution in [0.2, 0.25) is 0 Å². The van der Waals surface area contributed by atoms with Crippen molar-refractivity contribution in [1.29, 1.82) is 0 Å². The first-order chi connectivity index (χ1) is 10.0. The Bertz CT molecular complexity index is 719. The van der Waals surface area contributed by atoms with Crippen LogP contribution in [-0.2, 0) is 0 Å². The van der Waals surface area contributed by atoms with Gasteiger partial charge in [-0.25, -0.2) is 4.39 Å². The summed E-state index contributed by atoms with van der Waals surface area (Å²) in [5, 5.41) is 20.8. The number of aryl methyl sites for hydroxylation is 1. The highest BCUT2D eigenvalue weighted by Crippen LogP contribution is 2.42. The maximum Gasteiger partial charge on any atom is 0.124 e. The van der Waals surface area contributed by atoms with E-state index in [1.54, 1.807) is 6.07 Å². The molecule has 1 aliphatic carbocycles. The second-order valence-electron chi connectivity index (χ2n) is 6.14. The molecule has 0 amide bonds. The molecule has 2 aliphatic rings. The molecule has 0 radical (unpaired) electrons. The lowest BCUT2D eigenvalue weighted by Gasteiger charge is -2.35. The Labute approximate surface area is 121 Å². The van der Waals surface area contributed by atoms with Crippen molar-refractivity contribution in [2.75, 3.05) is 11.4 Å². The van der Waals surface area contributed by atoms with E-state index in [1.807, 2.05) is 13.0 Å². The van der Waals surface area contributed by atoms with E-state index in [4.69, 9.17) is 0 Å². The molecular weight excluding hydrogens is 271 g/mol. The van der Waals surface area contributed by atoms with Crippen molar-refractivity contribution in [1.82, 2.24) is 4.98 Å². The van der Waals surface area contributed by atoms with Crippen LogP contribution in [0.25, 0.3) is 10.9 Å². The predicted octanol–water partition coefficient (Wildman–Crippen LogP) is 1.61. The van der Waals surface area contributed by atoms with E-state index in [-0.39, 0.29) is 17.8 Å². The minimum atomic E-state index is -0.735. The molecule has 110 valence electrons. The van der Waals surface area contributed by atoms with Gasteiger partial charge in [-0.15, -0.1) is 0 Å². The van der Waals surface area contributed by atoms with Crippen molar-refractivity contribution in [2.45, 2.75) is 31.6 Å². The zero-order valence-electron chi connectivity index (χ0n) is 11.7. The summed E-state index contributed by atoms with van der Waals surface area (Å²) in [6.45, 7) is 2.60. The molecule has 2 aromatic rings. The first-order valence-electron chi connectivity index (χ1n) is 7.24. The number of halogens is 1. The zero-order chi connectivity index (χ0) is 14.7. The summed E-state index contributed by atoms with van der Waals surface area (Å²) in [6.07, 6.45) is -0.599. The molecule has 21 heavy (non-hydrogen) atoms. The van der Waals surface area contributed by atoms with Crippen LogP contribution in [0.3, 0.4) is 0 Å². The summed E-state index contributed by atoms with van der Waals surface area (Å²) in [7, 11) is 0. The lowest BCUT2D eigenvalue weighted by molar-refractivity contribution is 0.00309. The normalized spacial score (nSPS) is 31.3. The third-order valence-electron chi connectivity index (χ3n) is 4.79. The lowest BCUT2D eigenvalue weighted by Crippen LogP contribution is -2.48. The monoisotopic (exact) mass is 288 g/mol. The number of anilines is 1. The number of benzene rings is 1. The summed E-state index contributed by atoms with van der Waals surface area (Å²) >= 11 is 0. The molecule has 4 rings (SSSR count). The predicted molar refractivity (Wildman–Crippen MR) is 77.7 cm³/mol. The van der Waals surface area contributed by atoms with Crippen molar-refractivity contribution in [3.05, 3.63) is 35.8 Å². The Morgan fingerprint density at radius 1 is 1.24 bits per heavy atom. The third-order valence-corrected chi connectivity index (χ3v) is 4.79. The molecule has 5 heteroatoms. The molecule has 1 aliphatic heterocycles. The number of aliphatic hydroxyl groups is 2. The highest BCUT2D eigenvalue weighted by Gasteiger charge is 2.51. The Balaban J connectivity index is 1.86. The molecule has 0 spiro atoms. The number of hydrogen-bond acceptors (Lipinski definition) is 4. The highest BCUT2D eigenvalue weighted by molar-refractivity contribution is 5.92. The topological polar surface area (TPSA) is 56.6 Å². The van der Waals surface area contributed by atoms with Crippen molar-refractivity contribution in [2.24, 2.45) is 5.92 Å². The maximum absolute atomic E-state index is 13.6. The average Bonchev–Trinajstić information content (AvgIpc) is 2.99. The molecule has 4 atom stereocenters. The van der Waals surface area contributed by atoms with Crippen molar-refractivity contribution in [3.8, 4) is 0 Å². The molecule has 4 nitrogen and oxygen atoms in total. The van der Waals surface area contributed by atoms with Gasteiger partial charge in [0.05, 0.1) is 17.7 Å². The fourth-order valence-electron chi connectivity index (χ4n) is 3.80. The minimum Gasteiger partial charge on any atom is -0.390 e. The molecule has 1 saturated heterocycles. The SMILES string of the molecule is Cc1cc(N2C[C@@H]3C[C@H]2[C@@H](O)[C@H]3O)c2cc(F)ccc2n1. The second-order valence-corrected chi connectivity index (χ2v) is 6.14. The van der Waals surface area contributed by atoms with Gasteiger partial charge in [0.15, 0.2) is 0 Å². The number of fused-ring (bicyclic) bond motifs is 3. The first kappa shape index (κ1) is 13.0.